The lowest BCUT2D eigenvalue weighted by Crippen LogP contribution is -2.49. The summed E-state index contributed by atoms with van der Waals surface area (Å²) in [5.41, 5.74) is 0.848. The van der Waals surface area contributed by atoms with Crippen molar-refractivity contribution in [1.29, 1.82) is 0 Å². The summed E-state index contributed by atoms with van der Waals surface area (Å²) in [6.07, 6.45) is 4.74. The molecule has 0 unspecified atom stereocenters. The molecule has 8 nitrogen and oxygen atoms in total. The first kappa shape index (κ1) is 21.0. The number of hydrogen-bond donors (Lipinski definition) is 2. The van der Waals surface area contributed by atoms with Gasteiger partial charge in [0.1, 0.15) is 11.6 Å². The fraction of sp³-hybridized carbons (Fsp3) is 0.435. The van der Waals surface area contributed by atoms with Crippen molar-refractivity contribution in [3.05, 3.63) is 48.7 Å². The number of hydrogen-bond acceptors (Lipinski definition) is 5. The van der Waals surface area contributed by atoms with Crippen molar-refractivity contribution < 1.29 is 9.53 Å². The second-order valence-electron chi connectivity index (χ2n) is 7.75. The van der Waals surface area contributed by atoms with E-state index in [2.05, 4.69) is 31.6 Å². The van der Waals surface area contributed by atoms with Gasteiger partial charge in [-0.3, -0.25) is 9.79 Å². The molecule has 4 rings (SSSR count). The number of nitrogens with one attached hydrogen (secondary N) is 2. The summed E-state index contributed by atoms with van der Waals surface area (Å²) >= 11 is 0. The number of carbonyl (C=O) groups is 1. The molecule has 0 atom stereocenters. The molecule has 1 amide bonds. The fourth-order valence-electron chi connectivity index (χ4n) is 4.02. The van der Waals surface area contributed by atoms with E-state index in [4.69, 9.17) is 4.74 Å². The van der Waals surface area contributed by atoms with Crippen molar-refractivity contribution in [2.75, 3.05) is 49.6 Å². The van der Waals surface area contributed by atoms with Crippen LogP contribution in [0.5, 0.6) is 5.75 Å². The van der Waals surface area contributed by atoms with Gasteiger partial charge in [0.25, 0.3) is 5.91 Å². The zero-order chi connectivity index (χ0) is 21.5. The summed E-state index contributed by atoms with van der Waals surface area (Å²) < 4.78 is 5.50. The Morgan fingerprint density at radius 3 is 2.77 bits per heavy atom. The average Bonchev–Trinajstić information content (AvgIpc) is 2.83. The highest BCUT2D eigenvalue weighted by molar-refractivity contribution is 5.97. The number of anilines is 2. The van der Waals surface area contributed by atoms with E-state index in [9.17, 15) is 4.79 Å². The molecule has 0 bridgehead atoms. The van der Waals surface area contributed by atoms with Crippen LogP contribution < -0.4 is 25.2 Å². The Balaban J connectivity index is 1.20. The number of amides is 1. The Hall–Kier alpha value is -3.29. The molecular formula is C23H30N6O2. The molecule has 1 aromatic heterocycles. The van der Waals surface area contributed by atoms with Crippen LogP contribution in [0.1, 0.15) is 19.3 Å². The molecule has 1 saturated heterocycles. The average molecular weight is 423 g/mol. The van der Waals surface area contributed by atoms with Crippen molar-refractivity contribution in [2.45, 2.75) is 25.3 Å². The maximum Gasteiger partial charge on any atom is 0.265 e. The van der Waals surface area contributed by atoms with E-state index in [0.717, 1.165) is 62.1 Å². The molecule has 1 aromatic carbocycles. The highest BCUT2D eigenvalue weighted by atomic mass is 16.5. The highest BCUT2D eigenvalue weighted by Crippen LogP contribution is 2.31. The lowest BCUT2D eigenvalue weighted by atomic mass is 10.1. The number of aliphatic imine (C=N–C) groups is 1. The SMILES string of the molecule is CN=C(NCCCN1C(=O)COc2ccccc21)NC1CCN(c2ccccn2)CC1. The number of ether oxygens (including phenoxy) is 1. The number of rotatable bonds is 6. The third-order valence-electron chi connectivity index (χ3n) is 5.69. The summed E-state index contributed by atoms with van der Waals surface area (Å²) in [5, 5.41) is 6.91. The van der Waals surface area contributed by atoms with E-state index >= 15 is 0 Å². The molecule has 164 valence electrons. The third kappa shape index (κ3) is 5.25. The molecule has 1 fully saturated rings. The Bertz CT molecular complexity index is 896. The van der Waals surface area contributed by atoms with Gasteiger partial charge in [-0.15, -0.1) is 0 Å². The van der Waals surface area contributed by atoms with Gasteiger partial charge in [-0.05, 0) is 43.5 Å². The van der Waals surface area contributed by atoms with Crippen LogP contribution in [0.4, 0.5) is 11.5 Å². The smallest absolute Gasteiger partial charge is 0.265 e. The van der Waals surface area contributed by atoms with Gasteiger partial charge in [0.05, 0.1) is 5.69 Å². The molecule has 0 aliphatic carbocycles. The zero-order valence-electron chi connectivity index (χ0n) is 18.0. The first-order valence-electron chi connectivity index (χ1n) is 10.9. The van der Waals surface area contributed by atoms with Crippen LogP contribution in [-0.4, -0.2) is 62.7 Å². The van der Waals surface area contributed by atoms with E-state index in [-0.39, 0.29) is 12.5 Å². The Morgan fingerprint density at radius 2 is 2.00 bits per heavy atom. The predicted octanol–water partition coefficient (Wildman–Crippen LogP) is 2.03. The summed E-state index contributed by atoms with van der Waals surface area (Å²) in [4.78, 5) is 25.2. The largest absolute Gasteiger partial charge is 0.482 e. The van der Waals surface area contributed by atoms with Gasteiger partial charge in [-0.1, -0.05) is 18.2 Å². The number of pyridine rings is 1. The fourth-order valence-corrected chi connectivity index (χ4v) is 4.02. The topological polar surface area (TPSA) is 82.1 Å². The molecule has 2 aliphatic rings. The van der Waals surface area contributed by atoms with E-state index in [1.165, 1.54) is 0 Å². The number of fused-ring (bicyclic) bond motifs is 1. The van der Waals surface area contributed by atoms with Crippen molar-refractivity contribution >= 4 is 23.4 Å². The Kier molecular flexibility index (Phi) is 6.86. The van der Waals surface area contributed by atoms with Gasteiger partial charge < -0.3 is 25.2 Å². The monoisotopic (exact) mass is 422 g/mol. The molecule has 2 aromatic rings. The lowest BCUT2D eigenvalue weighted by Gasteiger charge is -2.33. The summed E-state index contributed by atoms with van der Waals surface area (Å²) in [5.74, 6) is 2.62. The number of guanidine groups is 1. The van der Waals surface area contributed by atoms with Gasteiger partial charge in [-0.25, -0.2) is 4.98 Å². The predicted molar refractivity (Wildman–Crippen MR) is 123 cm³/mol. The minimum Gasteiger partial charge on any atom is -0.482 e. The molecule has 8 heteroatoms. The molecule has 0 spiro atoms. The van der Waals surface area contributed by atoms with Gasteiger partial charge in [0.2, 0.25) is 0 Å². The molecular weight excluding hydrogens is 392 g/mol. The Labute approximate surface area is 183 Å². The number of carbonyl (C=O) groups excluding carboxylic acids is 1. The number of piperidine rings is 1. The van der Waals surface area contributed by atoms with Crippen molar-refractivity contribution in [3.63, 3.8) is 0 Å². The number of para-hydroxylation sites is 2. The van der Waals surface area contributed by atoms with Crippen LogP contribution in [0.2, 0.25) is 0 Å². The zero-order valence-corrected chi connectivity index (χ0v) is 18.0. The highest BCUT2D eigenvalue weighted by Gasteiger charge is 2.24. The van der Waals surface area contributed by atoms with Crippen LogP contribution in [0, 0.1) is 0 Å². The molecule has 2 aliphatic heterocycles. The quantitative estimate of drug-likeness (QED) is 0.421. The first-order valence-corrected chi connectivity index (χ1v) is 10.9. The molecule has 31 heavy (non-hydrogen) atoms. The number of nitrogens with zero attached hydrogens (tertiary/aromatic N) is 4. The standard InChI is InChI=1S/C23H30N6O2/c1-24-23(27-18-10-15-28(16-11-18)21-9-4-5-12-25-21)26-13-6-14-29-19-7-2-3-8-20(19)31-17-22(29)30/h2-5,7-9,12,18H,6,10-11,13-17H2,1H3,(H2,24,26,27). The number of benzene rings is 1. The number of aromatic nitrogens is 1. The normalized spacial score (nSPS) is 17.2. The van der Waals surface area contributed by atoms with Gasteiger partial charge in [-0.2, -0.15) is 0 Å². The van der Waals surface area contributed by atoms with E-state index in [0.29, 0.717) is 12.6 Å². The van der Waals surface area contributed by atoms with Crippen LogP contribution >= 0.6 is 0 Å². The second-order valence-corrected chi connectivity index (χ2v) is 7.75. The van der Waals surface area contributed by atoms with Crippen LogP contribution in [-0.2, 0) is 4.79 Å². The maximum atomic E-state index is 12.3. The second kappa shape index (κ2) is 10.1. The molecule has 0 saturated carbocycles. The van der Waals surface area contributed by atoms with Crippen LogP contribution in [0.15, 0.2) is 53.7 Å². The summed E-state index contributed by atoms with van der Waals surface area (Å²) in [6.45, 7) is 3.43. The van der Waals surface area contributed by atoms with Crippen LogP contribution in [0.3, 0.4) is 0 Å². The Morgan fingerprint density at radius 1 is 1.19 bits per heavy atom. The minimum absolute atomic E-state index is 0.000808. The van der Waals surface area contributed by atoms with Gasteiger partial charge in [0.15, 0.2) is 12.6 Å². The van der Waals surface area contributed by atoms with Crippen molar-refractivity contribution in [2.24, 2.45) is 4.99 Å². The minimum atomic E-state index is 0.000808. The van der Waals surface area contributed by atoms with Crippen LogP contribution in [0.25, 0.3) is 0 Å². The van der Waals surface area contributed by atoms with E-state index in [1.807, 2.05) is 47.5 Å². The van der Waals surface area contributed by atoms with Crippen molar-refractivity contribution in [1.82, 2.24) is 15.6 Å². The summed E-state index contributed by atoms with van der Waals surface area (Å²) in [7, 11) is 1.79. The van der Waals surface area contributed by atoms with Gasteiger partial charge >= 0.3 is 0 Å². The van der Waals surface area contributed by atoms with Crippen molar-refractivity contribution in [3.8, 4) is 5.75 Å². The molecule has 3 heterocycles. The third-order valence-corrected chi connectivity index (χ3v) is 5.69. The lowest BCUT2D eigenvalue weighted by molar-refractivity contribution is -0.121. The van der Waals surface area contributed by atoms with E-state index in [1.54, 1.807) is 7.05 Å². The first-order chi connectivity index (χ1) is 15.2. The van der Waals surface area contributed by atoms with Gasteiger partial charge in [0, 0.05) is 45.5 Å². The van der Waals surface area contributed by atoms with E-state index < -0.39 is 0 Å². The molecule has 0 radical (unpaired) electrons. The molecule has 2 N–H and O–H groups in total. The maximum absolute atomic E-state index is 12.3. The summed E-state index contributed by atoms with van der Waals surface area (Å²) in [6, 6.07) is 14.1.